The first kappa shape index (κ1) is 21.8. The summed E-state index contributed by atoms with van der Waals surface area (Å²) in [7, 11) is 0. The average Bonchev–Trinajstić information content (AvgIpc) is 3.31. The third-order valence-corrected chi connectivity index (χ3v) is 5.78. The van der Waals surface area contributed by atoms with Gasteiger partial charge in [0.25, 0.3) is 11.1 Å². The molecule has 11 heteroatoms. The predicted molar refractivity (Wildman–Crippen MR) is 122 cm³/mol. The zero-order valence-corrected chi connectivity index (χ0v) is 18.8. The Labute approximate surface area is 197 Å². The fourth-order valence-electron chi connectivity index (χ4n) is 3.40. The Morgan fingerprint density at radius 3 is 2.85 bits per heavy atom. The van der Waals surface area contributed by atoms with Gasteiger partial charge >= 0.3 is 11.7 Å². The number of carbonyl (C=O) groups is 1. The molecule has 1 unspecified atom stereocenters. The van der Waals surface area contributed by atoms with Gasteiger partial charge < -0.3 is 23.0 Å². The van der Waals surface area contributed by atoms with E-state index < -0.39 is 17.8 Å². The van der Waals surface area contributed by atoms with Gasteiger partial charge in [-0.25, -0.2) is 9.59 Å². The summed E-state index contributed by atoms with van der Waals surface area (Å²) in [5.74, 6) is 1.98. The second kappa shape index (κ2) is 9.48. The number of hydrogen-bond donors (Lipinski definition) is 1. The maximum absolute atomic E-state index is 12.1. The molecule has 1 amide bonds. The lowest BCUT2D eigenvalue weighted by Gasteiger charge is -2.23. The number of ether oxygens (including phenoxy) is 3. The molecule has 4 aromatic rings. The minimum absolute atomic E-state index is 0.250. The highest BCUT2D eigenvalue weighted by molar-refractivity contribution is 7.98. The van der Waals surface area contributed by atoms with Gasteiger partial charge in [0.2, 0.25) is 6.10 Å². The molecule has 0 radical (unpaired) electrons. The number of rotatable bonds is 6. The lowest BCUT2D eigenvalue weighted by Crippen LogP contribution is -2.21. The van der Waals surface area contributed by atoms with Crippen molar-refractivity contribution in [3.05, 3.63) is 70.4 Å². The maximum atomic E-state index is 12.1. The van der Waals surface area contributed by atoms with Crippen LogP contribution in [0.1, 0.15) is 24.5 Å². The van der Waals surface area contributed by atoms with E-state index in [0.29, 0.717) is 39.6 Å². The number of amides is 1. The summed E-state index contributed by atoms with van der Waals surface area (Å²) in [5, 5.41) is 11.8. The number of hydrogen-bond acceptors (Lipinski definition) is 10. The van der Waals surface area contributed by atoms with Crippen LogP contribution in [0.5, 0.6) is 11.5 Å². The SMILES string of the molecule is CCOC(=O)Nc1ccc2c(CSc3nnc(C4COc5ccccc5O4)o3)cc(=O)oc2c1. The molecule has 0 bridgehead atoms. The molecule has 2 aromatic carbocycles. The smallest absolute Gasteiger partial charge is 0.411 e. The van der Waals surface area contributed by atoms with Crippen LogP contribution in [0, 0.1) is 0 Å². The van der Waals surface area contributed by atoms with Crippen LogP contribution in [-0.2, 0) is 10.5 Å². The van der Waals surface area contributed by atoms with Gasteiger partial charge in [0.05, 0.1) is 6.61 Å². The van der Waals surface area contributed by atoms with Gasteiger partial charge in [0, 0.05) is 29.0 Å². The number of benzene rings is 2. The van der Waals surface area contributed by atoms with Crippen LogP contribution in [0.2, 0.25) is 0 Å². The average molecular weight is 481 g/mol. The van der Waals surface area contributed by atoms with Crippen molar-refractivity contribution >= 4 is 34.5 Å². The van der Waals surface area contributed by atoms with Crippen molar-refractivity contribution in [2.24, 2.45) is 0 Å². The van der Waals surface area contributed by atoms with Crippen molar-refractivity contribution in [2.75, 3.05) is 18.5 Å². The van der Waals surface area contributed by atoms with Crippen molar-refractivity contribution in [1.82, 2.24) is 10.2 Å². The molecule has 0 saturated heterocycles. The standard InChI is InChI=1S/C23H19N3O7S/c1-2-29-22(28)24-14-7-8-15-13(9-20(27)32-18(15)10-14)12-34-23-26-25-21(33-23)19-11-30-16-5-3-4-6-17(16)31-19/h3-10,19H,2,11-12H2,1H3,(H,24,28). The molecule has 5 rings (SSSR count). The number of nitrogens with one attached hydrogen (secondary N) is 1. The first-order valence-corrected chi connectivity index (χ1v) is 11.4. The quantitative estimate of drug-likeness (QED) is 0.310. The zero-order chi connectivity index (χ0) is 23.5. The van der Waals surface area contributed by atoms with Gasteiger partial charge in [0.15, 0.2) is 11.5 Å². The molecule has 3 heterocycles. The summed E-state index contributed by atoms with van der Waals surface area (Å²) in [6, 6.07) is 13.8. The van der Waals surface area contributed by atoms with E-state index in [-0.39, 0.29) is 13.2 Å². The van der Waals surface area contributed by atoms with E-state index in [1.165, 1.54) is 17.8 Å². The topological polar surface area (TPSA) is 126 Å². The Balaban J connectivity index is 1.29. The molecule has 1 aliphatic rings. The molecule has 34 heavy (non-hydrogen) atoms. The number of carbonyl (C=O) groups excluding carboxylic acids is 1. The number of fused-ring (bicyclic) bond motifs is 2. The van der Waals surface area contributed by atoms with Gasteiger partial charge in [-0.1, -0.05) is 23.9 Å². The van der Waals surface area contributed by atoms with E-state index in [1.807, 2.05) is 24.3 Å². The van der Waals surface area contributed by atoms with Crippen molar-refractivity contribution < 1.29 is 27.8 Å². The van der Waals surface area contributed by atoms with Gasteiger partial charge in [0.1, 0.15) is 12.2 Å². The van der Waals surface area contributed by atoms with Gasteiger partial charge in [-0.05, 0) is 36.8 Å². The Morgan fingerprint density at radius 1 is 1.15 bits per heavy atom. The molecule has 1 aliphatic heterocycles. The summed E-state index contributed by atoms with van der Waals surface area (Å²) in [5.41, 5.74) is 1.02. The third kappa shape index (κ3) is 4.69. The monoisotopic (exact) mass is 481 g/mol. The van der Waals surface area contributed by atoms with E-state index in [2.05, 4.69) is 15.5 Å². The van der Waals surface area contributed by atoms with Crippen LogP contribution in [0.25, 0.3) is 11.0 Å². The highest BCUT2D eigenvalue weighted by Crippen LogP contribution is 2.36. The largest absolute Gasteiger partial charge is 0.485 e. The molecule has 0 spiro atoms. The van der Waals surface area contributed by atoms with Crippen LogP contribution in [0.15, 0.2) is 67.4 Å². The van der Waals surface area contributed by atoms with E-state index >= 15 is 0 Å². The van der Waals surface area contributed by atoms with Crippen LogP contribution in [0.4, 0.5) is 10.5 Å². The van der Waals surface area contributed by atoms with E-state index in [0.717, 1.165) is 10.9 Å². The number of aromatic nitrogens is 2. The molecular formula is C23H19N3O7S. The van der Waals surface area contributed by atoms with Crippen molar-refractivity contribution in [3.8, 4) is 11.5 Å². The number of para-hydroxylation sites is 2. The summed E-state index contributed by atoms with van der Waals surface area (Å²) in [6.45, 7) is 2.22. The summed E-state index contributed by atoms with van der Waals surface area (Å²) in [6.07, 6.45) is -1.09. The second-order valence-electron chi connectivity index (χ2n) is 7.21. The van der Waals surface area contributed by atoms with Crippen molar-refractivity contribution in [2.45, 2.75) is 24.0 Å². The molecule has 0 fully saturated rings. The number of anilines is 1. The molecule has 10 nitrogen and oxygen atoms in total. The Morgan fingerprint density at radius 2 is 2.00 bits per heavy atom. The number of nitrogens with zero attached hydrogens (tertiary/aromatic N) is 2. The molecule has 174 valence electrons. The van der Waals surface area contributed by atoms with Crippen LogP contribution < -0.4 is 20.4 Å². The Hall–Kier alpha value is -3.99. The van der Waals surface area contributed by atoms with E-state index in [1.54, 1.807) is 25.1 Å². The highest BCUT2D eigenvalue weighted by atomic mass is 32.2. The molecule has 2 aromatic heterocycles. The van der Waals surface area contributed by atoms with E-state index in [4.69, 9.17) is 23.0 Å². The van der Waals surface area contributed by atoms with E-state index in [9.17, 15) is 9.59 Å². The summed E-state index contributed by atoms with van der Waals surface area (Å²) >= 11 is 1.28. The Bertz CT molecular complexity index is 1400. The fraction of sp³-hybridized carbons (Fsp3) is 0.217. The summed E-state index contributed by atoms with van der Waals surface area (Å²) in [4.78, 5) is 23.7. The Kier molecular flexibility index (Phi) is 6.09. The first-order chi connectivity index (χ1) is 16.6. The van der Waals surface area contributed by atoms with Gasteiger partial charge in [-0.15, -0.1) is 10.2 Å². The van der Waals surface area contributed by atoms with Crippen molar-refractivity contribution in [1.29, 1.82) is 0 Å². The molecule has 0 aliphatic carbocycles. The second-order valence-corrected chi connectivity index (χ2v) is 8.13. The normalized spacial score (nSPS) is 14.7. The predicted octanol–water partition coefficient (Wildman–Crippen LogP) is 4.55. The lowest BCUT2D eigenvalue weighted by molar-refractivity contribution is 0.0686. The highest BCUT2D eigenvalue weighted by Gasteiger charge is 2.27. The van der Waals surface area contributed by atoms with Crippen LogP contribution >= 0.6 is 11.8 Å². The van der Waals surface area contributed by atoms with Crippen molar-refractivity contribution in [3.63, 3.8) is 0 Å². The van der Waals surface area contributed by atoms with Gasteiger partial charge in [-0.2, -0.15) is 0 Å². The molecular weight excluding hydrogens is 462 g/mol. The van der Waals surface area contributed by atoms with Gasteiger partial charge in [-0.3, -0.25) is 5.32 Å². The minimum Gasteiger partial charge on any atom is -0.485 e. The summed E-state index contributed by atoms with van der Waals surface area (Å²) < 4.78 is 27.5. The van der Waals surface area contributed by atoms with Crippen LogP contribution in [0.3, 0.4) is 0 Å². The first-order valence-electron chi connectivity index (χ1n) is 10.4. The lowest BCUT2D eigenvalue weighted by atomic mass is 10.1. The number of thioether (sulfide) groups is 1. The third-order valence-electron chi connectivity index (χ3n) is 4.91. The molecule has 1 N–H and O–H groups in total. The molecule has 0 saturated carbocycles. The fourth-order valence-corrected chi connectivity index (χ4v) is 4.16. The van der Waals surface area contributed by atoms with Crippen LogP contribution in [-0.4, -0.2) is 29.5 Å². The molecule has 1 atom stereocenters. The maximum Gasteiger partial charge on any atom is 0.411 e. The minimum atomic E-state index is -0.584. The zero-order valence-electron chi connectivity index (χ0n) is 18.0.